The molecule has 0 aromatic heterocycles. The van der Waals surface area contributed by atoms with Gasteiger partial charge in [0.1, 0.15) is 0 Å². The van der Waals surface area contributed by atoms with Crippen LogP contribution in [-0.4, -0.2) is 29.2 Å². The molecule has 0 spiro atoms. The van der Waals surface area contributed by atoms with Crippen molar-refractivity contribution in [3.63, 3.8) is 0 Å². The maximum absolute atomic E-state index is 12.0. The minimum absolute atomic E-state index is 0.0242. The number of nitrogens with two attached hydrogens (primary N) is 1. The summed E-state index contributed by atoms with van der Waals surface area (Å²) in [6.45, 7) is 1.67. The van der Waals surface area contributed by atoms with E-state index in [2.05, 4.69) is 0 Å². The van der Waals surface area contributed by atoms with Crippen LogP contribution in [0.25, 0.3) is 0 Å². The molecule has 0 radical (unpaired) electrons. The lowest BCUT2D eigenvalue weighted by Gasteiger charge is -2.21. The van der Waals surface area contributed by atoms with Gasteiger partial charge >= 0.3 is 6.18 Å². The highest BCUT2D eigenvalue weighted by Crippen LogP contribution is 2.23. The molecule has 6 heteroatoms. The van der Waals surface area contributed by atoms with Crippen molar-refractivity contribution in [1.29, 1.82) is 0 Å². The molecule has 0 amide bonds. The Morgan fingerprint density at radius 2 is 1.74 bits per heavy atom. The van der Waals surface area contributed by atoms with Gasteiger partial charge in [-0.1, -0.05) is 24.3 Å². The van der Waals surface area contributed by atoms with Crippen LogP contribution in [-0.2, 0) is 6.42 Å². The molecular formula is C17H24F3NO2. The third kappa shape index (κ3) is 8.13. The van der Waals surface area contributed by atoms with Gasteiger partial charge < -0.3 is 10.8 Å². The van der Waals surface area contributed by atoms with E-state index in [0.29, 0.717) is 18.4 Å². The highest BCUT2D eigenvalue weighted by Gasteiger charge is 2.26. The predicted octanol–water partition coefficient (Wildman–Crippen LogP) is 3.63. The summed E-state index contributed by atoms with van der Waals surface area (Å²) in [5.74, 6) is -0.141. The molecule has 1 rings (SSSR count). The van der Waals surface area contributed by atoms with Crippen molar-refractivity contribution in [3.8, 4) is 0 Å². The molecule has 3 N–H and O–H groups in total. The summed E-state index contributed by atoms with van der Waals surface area (Å²) in [5, 5.41) is 9.10. The van der Waals surface area contributed by atoms with Crippen LogP contribution in [0, 0.1) is 0 Å². The van der Waals surface area contributed by atoms with E-state index in [9.17, 15) is 18.0 Å². The maximum Gasteiger partial charge on any atom is 0.389 e. The van der Waals surface area contributed by atoms with Crippen LogP contribution in [0.5, 0.6) is 0 Å². The summed E-state index contributed by atoms with van der Waals surface area (Å²) < 4.78 is 36.1. The molecule has 0 bridgehead atoms. The first-order valence-corrected chi connectivity index (χ1v) is 7.72. The summed E-state index contributed by atoms with van der Waals surface area (Å²) in [5.41, 5.74) is 6.74. The first-order chi connectivity index (χ1) is 10.6. The molecular weight excluding hydrogens is 307 g/mol. The molecule has 0 aliphatic carbocycles. The lowest BCUT2D eigenvalue weighted by molar-refractivity contribution is -0.135. The Balaban J connectivity index is 2.42. The third-order valence-corrected chi connectivity index (χ3v) is 3.74. The van der Waals surface area contributed by atoms with Crippen LogP contribution in [0.3, 0.4) is 0 Å². The number of aryl methyl sites for hydroxylation is 1. The Morgan fingerprint density at radius 1 is 1.13 bits per heavy atom. The van der Waals surface area contributed by atoms with Crippen molar-refractivity contribution in [2.45, 2.75) is 57.2 Å². The number of carbonyl (C=O) groups excluding carboxylic acids is 1. The number of Topliss-reactive ketones (excluding diaryl/α,β-unsaturated/α-hetero) is 1. The van der Waals surface area contributed by atoms with E-state index in [0.717, 1.165) is 5.56 Å². The highest BCUT2D eigenvalue weighted by molar-refractivity contribution is 5.96. The van der Waals surface area contributed by atoms with Crippen molar-refractivity contribution in [3.05, 3.63) is 35.4 Å². The van der Waals surface area contributed by atoms with Crippen LogP contribution in [0.15, 0.2) is 24.3 Å². The zero-order chi connectivity index (χ0) is 17.5. The second-order valence-corrected chi connectivity index (χ2v) is 6.25. The number of ketones is 1. The normalized spacial score (nSPS) is 14.5. The third-order valence-electron chi connectivity index (χ3n) is 3.74. The summed E-state index contributed by atoms with van der Waals surface area (Å²) in [6, 6.07) is 7.01. The van der Waals surface area contributed by atoms with Gasteiger partial charge in [0.15, 0.2) is 5.78 Å². The molecule has 0 fully saturated rings. The number of hydrogen-bond donors (Lipinski definition) is 2. The summed E-state index contributed by atoms with van der Waals surface area (Å²) in [6.07, 6.45) is -3.35. The first-order valence-electron chi connectivity index (χ1n) is 7.72. The Labute approximate surface area is 134 Å². The van der Waals surface area contributed by atoms with Gasteiger partial charge in [0.05, 0.1) is 6.61 Å². The second-order valence-electron chi connectivity index (χ2n) is 6.25. The molecule has 0 saturated carbocycles. The average Bonchev–Trinajstić information content (AvgIpc) is 2.49. The zero-order valence-electron chi connectivity index (χ0n) is 13.3. The monoisotopic (exact) mass is 331 g/mol. The van der Waals surface area contributed by atoms with Crippen molar-refractivity contribution < 1.29 is 23.1 Å². The van der Waals surface area contributed by atoms with E-state index >= 15 is 0 Å². The van der Waals surface area contributed by atoms with Crippen LogP contribution < -0.4 is 5.73 Å². The predicted molar refractivity (Wildman–Crippen MR) is 83.3 cm³/mol. The Kier molecular flexibility index (Phi) is 7.22. The van der Waals surface area contributed by atoms with E-state index < -0.39 is 18.1 Å². The summed E-state index contributed by atoms with van der Waals surface area (Å²) in [7, 11) is 0. The molecule has 3 nitrogen and oxygen atoms in total. The zero-order valence-corrected chi connectivity index (χ0v) is 13.3. The first kappa shape index (κ1) is 19.6. The molecule has 23 heavy (non-hydrogen) atoms. The van der Waals surface area contributed by atoms with Crippen molar-refractivity contribution in [2.75, 3.05) is 6.61 Å². The molecule has 1 atom stereocenters. The lowest BCUT2D eigenvalue weighted by atomic mass is 9.94. The fourth-order valence-electron chi connectivity index (χ4n) is 2.12. The van der Waals surface area contributed by atoms with Gasteiger partial charge in [0, 0.05) is 23.9 Å². The molecule has 1 aromatic rings. The Hall–Kier alpha value is -1.40. The van der Waals surface area contributed by atoms with Crippen molar-refractivity contribution >= 4 is 5.78 Å². The van der Waals surface area contributed by atoms with Gasteiger partial charge in [0.2, 0.25) is 0 Å². The quantitative estimate of drug-likeness (QED) is 0.536. The van der Waals surface area contributed by atoms with Gasteiger partial charge in [-0.25, -0.2) is 0 Å². The SMILES string of the molecule is CC(N)(CO)CCc1ccc(C(=O)CCCCC(F)(F)F)cc1. The fraction of sp³-hybridized carbons (Fsp3) is 0.588. The molecule has 0 saturated heterocycles. The van der Waals surface area contributed by atoms with Crippen molar-refractivity contribution in [2.24, 2.45) is 5.73 Å². The Morgan fingerprint density at radius 3 is 2.26 bits per heavy atom. The van der Waals surface area contributed by atoms with E-state index in [-0.39, 0.29) is 31.7 Å². The topological polar surface area (TPSA) is 63.3 Å². The number of benzene rings is 1. The lowest BCUT2D eigenvalue weighted by Crippen LogP contribution is -2.40. The smallest absolute Gasteiger partial charge is 0.389 e. The van der Waals surface area contributed by atoms with Crippen LogP contribution >= 0.6 is 0 Å². The van der Waals surface area contributed by atoms with Gasteiger partial charge in [-0.05, 0) is 38.2 Å². The molecule has 0 aliphatic rings. The maximum atomic E-state index is 12.0. The minimum atomic E-state index is -4.16. The van der Waals surface area contributed by atoms with Crippen LogP contribution in [0.4, 0.5) is 13.2 Å². The van der Waals surface area contributed by atoms with E-state index in [1.54, 1.807) is 19.1 Å². The van der Waals surface area contributed by atoms with E-state index in [1.165, 1.54) is 0 Å². The van der Waals surface area contributed by atoms with Gasteiger partial charge in [-0.15, -0.1) is 0 Å². The fourth-order valence-corrected chi connectivity index (χ4v) is 2.12. The number of rotatable bonds is 9. The molecule has 130 valence electrons. The number of carbonyl (C=O) groups is 1. The minimum Gasteiger partial charge on any atom is -0.394 e. The van der Waals surface area contributed by atoms with Crippen molar-refractivity contribution in [1.82, 2.24) is 0 Å². The molecule has 1 unspecified atom stereocenters. The molecule has 0 aliphatic heterocycles. The van der Waals surface area contributed by atoms with Crippen LogP contribution in [0.1, 0.15) is 54.9 Å². The largest absolute Gasteiger partial charge is 0.394 e. The molecule has 1 aromatic carbocycles. The Bertz CT molecular complexity index is 496. The number of unbranched alkanes of at least 4 members (excludes halogenated alkanes) is 1. The van der Waals surface area contributed by atoms with Gasteiger partial charge in [0.25, 0.3) is 0 Å². The number of hydrogen-bond acceptors (Lipinski definition) is 3. The number of aliphatic hydroxyl groups excluding tert-OH is 1. The van der Waals surface area contributed by atoms with Gasteiger partial charge in [-0.2, -0.15) is 13.2 Å². The highest BCUT2D eigenvalue weighted by atomic mass is 19.4. The second kappa shape index (κ2) is 8.45. The van der Waals surface area contributed by atoms with Gasteiger partial charge in [-0.3, -0.25) is 4.79 Å². The average molecular weight is 331 g/mol. The number of halogens is 3. The summed E-state index contributed by atoms with van der Waals surface area (Å²) in [4.78, 5) is 11.9. The standard InChI is InChI=1S/C17H24F3NO2/c1-16(21,12-22)11-9-13-5-7-14(8-6-13)15(23)4-2-3-10-17(18,19)20/h5-8,22H,2-4,9-12,21H2,1H3. The number of aliphatic hydroxyl groups is 1. The molecule has 0 heterocycles. The number of alkyl halides is 3. The van der Waals surface area contributed by atoms with E-state index in [4.69, 9.17) is 10.8 Å². The van der Waals surface area contributed by atoms with E-state index in [1.807, 2.05) is 12.1 Å². The summed E-state index contributed by atoms with van der Waals surface area (Å²) >= 11 is 0. The van der Waals surface area contributed by atoms with Crippen LogP contribution in [0.2, 0.25) is 0 Å².